The molecule has 0 aliphatic heterocycles. The zero-order chi connectivity index (χ0) is 14.1. The molecule has 0 aliphatic rings. The molecule has 0 unspecified atom stereocenters. The number of hydrogen-bond acceptors (Lipinski definition) is 5. The average molecular weight is 266 g/mol. The molecule has 0 aromatic carbocycles. The van der Waals surface area contributed by atoms with E-state index in [1.807, 2.05) is 19.0 Å². The van der Waals surface area contributed by atoms with Crippen LogP contribution in [0.1, 0.15) is 16.1 Å². The molecule has 0 bridgehead atoms. The molecule has 1 heterocycles. The van der Waals surface area contributed by atoms with Crippen LogP contribution in [-0.4, -0.2) is 56.2 Å². The van der Waals surface area contributed by atoms with Crippen molar-refractivity contribution in [3.05, 3.63) is 29.6 Å². The normalized spacial score (nSPS) is 10.7. The van der Waals surface area contributed by atoms with E-state index in [2.05, 4.69) is 10.3 Å². The Morgan fingerprint density at radius 3 is 2.95 bits per heavy atom. The van der Waals surface area contributed by atoms with Crippen LogP contribution in [0.3, 0.4) is 0 Å². The first-order valence-electron chi connectivity index (χ1n) is 6.29. The Bertz CT molecular complexity index is 396. The van der Waals surface area contributed by atoms with Crippen molar-refractivity contribution in [3.63, 3.8) is 0 Å². The summed E-state index contributed by atoms with van der Waals surface area (Å²) in [5.74, 6) is -0.131. The topological polar surface area (TPSA) is 80.5 Å². The van der Waals surface area contributed by atoms with Gasteiger partial charge in [-0.15, -0.1) is 0 Å². The SMILES string of the molecule is CN(C)CCOCCNC(=O)c1ccnc(CN)c1. The molecule has 1 aromatic heterocycles. The summed E-state index contributed by atoms with van der Waals surface area (Å²) in [6, 6.07) is 3.36. The second-order valence-corrected chi connectivity index (χ2v) is 4.41. The highest BCUT2D eigenvalue weighted by Crippen LogP contribution is 2.00. The van der Waals surface area contributed by atoms with E-state index < -0.39 is 0 Å². The van der Waals surface area contributed by atoms with E-state index in [1.165, 1.54) is 0 Å². The first kappa shape index (κ1) is 15.6. The van der Waals surface area contributed by atoms with Crippen LogP contribution in [-0.2, 0) is 11.3 Å². The molecule has 0 aliphatic carbocycles. The van der Waals surface area contributed by atoms with Crippen molar-refractivity contribution in [2.75, 3.05) is 40.4 Å². The van der Waals surface area contributed by atoms with E-state index in [4.69, 9.17) is 10.5 Å². The Morgan fingerprint density at radius 1 is 1.47 bits per heavy atom. The van der Waals surface area contributed by atoms with Gasteiger partial charge in [-0.3, -0.25) is 9.78 Å². The van der Waals surface area contributed by atoms with E-state index >= 15 is 0 Å². The predicted molar refractivity (Wildman–Crippen MR) is 73.8 cm³/mol. The summed E-state index contributed by atoms with van der Waals surface area (Å²) in [5.41, 5.74) is 6.76. The Hall–Kier alpha value is -1.50. The van der Waals surface area contributed by atoms with Crippen molar-refractivity contribution in [1.82, 2.24) is 15.2 Å². The molecule has 0 saturated carbocycles. The van der Waals surface area contributed by atoms with Gasteiger partial charge in [0.1, 0.15) is 0 Å². The van der Waals surface area contributed by atoms with Crippen LogP contribution < -0.4 is 11.1 Å². The van der Waals surface area contributed by atoms with E-state index in [1.54, 1.807) is 18.3 Å². The molecular weight excluding hydrogens is 244 g/mol. The number of likely N-dealkylation sites (N-methyl/N-ethyl adjacent to an activating group) is 1. The zero-order valence-electron chi connectivity index (χ0n) is 11.6. The number of carbonyl (C=O) groups excluding carboxylic acids is 1. The lowest BCUT2D eigenvalue weighted by atomic mass is 10.2. The number of ether oxygens (including phenoxy) is 1. The molecule has 0 spiro atoms. The number of carbonyl (C=O) groups is 1. The lowest BCUT2D eigenvalue weighted by Crippen LogP contribution is -2.28. The van der Waals surface area contributed by atoms with Gasteiger partial charge in [-0.05, 0) is 26.2 Å². The molecule has 1 aromatic rings. The summed E-state index contributed by atoms with van der Waals surface area (Å²) in [5, 5.41) is 2.79. The number of nitrogens with zero attached hydrogens (tertiary/aromatic N) is 2. The van der Waals surface area contributed by atoms with Crippen LogP contribution in [0.2, 0.25) is 0 Å². The van der Waals surface area contributed by atoms with E-state index in [-0.39, 0.29) is 5.91 Å². The summed E-state index contributed by atoms with van der Waals surface area (Å²) in [6.45, 7) is 2.86. The molecule has 0 atom stereocenters. The van der Waals surface area contributed by atoms with Crippen molar-refractivity contribution >= 4 is 5.91 Å². The van der Waals surface area contributed by atoms with Gasteiger partial charge in [-0.25, -0.2) is 0 Å². The highest BCUT2D eigenvalue weighted by molar-refractivity contribution is 5.94. The molecule has 6 nitrogen and oxygen atoms in total. The van der Waals surface area contributed by atoms with Gasteiger partial charge in [-0.2, -0.15) is 0 Å². The van der Waals surface area contributed by atoms with Crippen molar-refractivity contribution in [2.24, 2.45) is 5.73 Å². The Balaban J connectivity index is 2.23. The average Bonchev–Trinajstić information content (AvgIpc) is 2.42. The van der Waals surface area contributed by atoms with Gasteiger partial charge in [0.15, 0.2) is 0 Å². The Morgan fingerprint density at radius 2 is 2.26 bits per heavy atom. The number of hydrogen-bond donors (Lipinski definition) is 2. The summed E-state index contributed by atoms with van der Waals surface area (Å²) in [4.78, 5) is 17.9. The van der Waals surface area contributed by atoms with Crippen LogP contribution >= 0.6 is 0 Å². The Kier molecular flexibility index (Phi) is 7.02. The minimum absolute atomic E-state index is 0.131. The molecule has 0 radical (unpaired) electrons. The number of pyridine rings is 1. The molecule has 0 saturated heterocycles. The van der Waals surface area contributed by atoms with Gasteiger partial charge in [-0.1, -0.05) is 0 Å². The van der Waals surface area contributed by atoms with Crippen molar-refractivity contribution < 1.29 is 9.53 Å². The van der Waals surface area contributed by atoms with Crippen LogP contribution in [0, 0.1) is 0 Å². The fourth-order valence-electron chi connectivity index (χ4n) is 1.42. The number of nitrogens with two attached hydrogens (primary N) is 1. The smallest absolute Gasteiger partial charge is 0.251 e. The molecule has 3 N–H and O–H groups in total. The summed E-state index contributed by atoms with van der Waals surface area (Å²) < 4.78 is 5.39. The van der Waals surface area contributed by atoms with Crippen molar-refractivity contribution in [1.29, 1.82) is 0 Å². The maximum absolute atomic E-state index is 11.8. The van der Waals surface area contributed by atoms with Gasteiger partial charge >= 0.3 is 0 Å². The largest absolute Gasteiger partial charge is 0.378 e. The maximum Gasteiger partial charge on any atom is 0.251 e. The summed E-state index contributed by atoms with van der Waals surface area (Å²) >= 11 is 0. The maximum atomic E-state index is 11.8. The lowest BCUT2D eigenvalue weighted by molar-refractivity contribution is 0.0900. The molecule has 1 amide bonds. The second kappa shape index (κ2) is 8.58. The van der Waals surface area contributed by atoms with Crippen molar-refractivity contribution in [3.8, 4) is 0 Å². The first-order valence-corrected chi connectivity index (χ1v) is 6.29. The summed E-state index contributed by atoms with van der Waals surface area (Å²) in [7, 11) is 3.98. The molecule has 106 valence electrons. The number of nitrogens with one attached hydrogen (secondary N) is 1. The standard InChI is InChI=1S/C13H22N4O2/c1-17(2)6-8-19-7-5-16-13(18)11-3-4-15-12(9-11)10-14/h3-4,9H,5-8,10,14H2,1-2H3,(H,16,18). The van der Waals surface area contributed by atoms with Gasteiger partial charge in [0.25, 0.3) is 5.91 Å². The van der Waals surface area contributed by atoms with E-state index in [0.29, 0.717) is 37.6 Å². The van der Waals surface area contributed by atoms with Crippen LogP contribution in [0.25, 0.3) is 0 Å². The predicted octanol–water partition coefficient (Wildman–Crippen LogP) is -0.152. The third kappa shape index (κ3) is 6.28. The quantitative estimate of drug-likeness (QED) is 0.640. The highest BCUT2D eigenvalue weighted by Gasteiger charge is 2.05. The van der Waals surface area contributed by atoms with E-state index in [0.717, 1.165) is 6.54 Å². The molecule has 0 fully saturated rings. The third-order valence-electron chi connectivity index (χ3n) is 2.50. The van der Waals surface area contributed by atoms with Crippen LogP contribution in [0.15, 0.2) is 18.3 Å². The molecular formula is C13H22N4O2. The van der Waals surface area contributed by atoms with E-state index in [9.17, 15) is 4.79 Å². The third-order valence-corrected chi connectivity index (χ3v) is 2.50. The van der Waals surface area contributed by atoms with Gasteiger partial charge in [0.2, 0.25) is 0 Å². The molecule has 19 heavy (non-hydrogen) atoms. The highest BCUT2D eigenvalue weighted by atomic mass is 16.5. The second-order valence-electron chi connectivity index (χ2n) is 4.41. The monoisotopic (exact) mass is 266 g/mol. The van der Waals surface area contributed by atoms with Gasteiger partial charge in [0.05, 0.1) is 18.9 Å². The first-order chi connectivity index (χ1) is 9.13. The zero-order valence-corrected chi connectivity index (χ0v) is 11.6. The lowest BCUT2D eigenvalue weighted by Gasteiger charge is -2.10. The number of aromatic nitrogens is 1. The molecule has 1 rings (SSSR count). The number of amides is 1. The molecule has 6 heteroatoms. The van der Waals surface area contributed by atoms with Crippen LogP contribution in [0.4, 0.5) is 0 Å². The summed E-state index contributed by atoms with van der Waals surface area (Å²) in [6.07, 6.45) is 1.59. The van der Waals surface area contributed by atoms with Gasteiger partial charge < -0.3 is 20.7 Å². The van der Waals surface area contributed by atoms with Crippen molar-refractivity contribution in [2.45, 2.75) is 6.54 Å². The minimum atomic E-state index is -0.131. The fourth-order valence-corrected chi connectivity index (χ4v) is 1.42. The number of rotatable bonds is 8. The van der Waals surface area contributed by atoms with Crippen LogP contribution in [0.5, 0.6) is 0 Å². The fraction of sp³-hybridized carbons (Fsp3) is 0.538. The minimum Gasteiger partial charge on any atom is -0.378 e. The van der Waals surface area contributed by atoms with Gasteiger partial charge in [0, 0.05) is 31.4 Å². The Labute approximate surface area is 113 Å².